The normalized spacial score (nSPS) is 20.3. The molecule has 0 radical (unpaired) electrons. The van der Waals surface area contributed by atoms with Crippen molar-refractivity contribution in [2.75, 3.05) is 9.80 Å². The molecule has 0 spiro atoms. The topological polar surface area (TPSA) is 6.48 Å². The van der Waals surface area contributed by atoms with Crippen LogP contribution in [-0.4, -0.2) is 6.17 Å². The molecule has 0 aromatic heterocycles. The molecule has 0 saturated heterocycles. The standard InChI is InChI=1S/C33H32N2/c1-6-26-24(5)33-34(28-16-9-7-12-21(28)2)30-19-18-25(32-22(3)13-11-14-23(32)4)20-31(30)35(33)29-17-10-8-15-27(26)29/h6-20,24,26,33H,1H2,2-5H3. The summed E-state index contributed by atoms with van der Waals surface area (Å²) in [6.45, 7) is 13.3. The average molecular weight is 457 g/mol. The van der Waals surface area contributed by atoms with Crippen LogP contribution in [-0.2, 0) is 0 Å². The minimum atomic E-state index is 0.178. The van der Waals surface area contributed by atoms with Gasteiger partial charge in [-0.2, -0.15) is 0 Å². The van der Waals surface area contributed by atoms with Crippen molar-refractivity contribution in [1.82, 2.24) is 0 Å². The fourth-order valence-corrected chi connectivity index (χ4v) is 6.39. The second-order valence-electron chi connectivity index (χ2n) is 10.1. The van der Waals surface area contributed by atoms with Crippen LogP contribution in [0.3, 0.4) is 0 Å². The van der Waals surface area contributed by atoms with Gasteiger partial charge in [-0.25, -0.2) is 0 Å². The molecular formula is C33H32N2. The first kappa shape index (κ1) is 21.7. The van der Waals surface area contributed by atoms with Gasteiger partial charge in [0.05, 0.1) is 11.4 Å². The van der Waals surface area contributed by atoms with Crippen molar-refractivity contribution >= 4 is 22.7 Å². The van der Waals surface area contributed by atoms with Gasteiger partial charge in [-0.15, -0.1) is 6.58 Å². The van der Waals surface area contributed by atoms with Crippen molar-refractivity contribution in [3.8, 4) is 11.1 Å². The highest BCUT2D eigenvalue weighted by Gasteiger charge is 2.47. The summed E-state index contributed by atoms with van der Waals surface area (Å²) in [6.07, 6.45) is 2.32. The maximum absolute atomic E-state index is 4.25. The molecule has 174 valence electrons. The van der Waals surface area contributed by atoms with Gasteiger partial charge in [0, 0.05) is 23.2 Å². The van der Waals surface area contributed by atoms with Gasteiger partial charge >= 0.3 is 0 Å². The molecule has 2 aliphatic heterocycles. The summed E-state index contributed by atoms with van der Waals surface area (Å²) in [4.78, 5) is 5.15. The summed E-state index contributed by atoms with van der Waals surface area (Å²) < 4.78 is 0. The van der Waals surface area contributed by atoms with Crippen LogP contribution in [0.5, 0.6) is 0 Å². The highest BCUT2D eigenvalue weighted by Crippen LogP contribution is 2.57. The van der Waals surface area contributed by atoms with Gasteiger partial charge in [0.15, 0.2) is 0 Å². The lowest BCUT2D eigenvalue weighted by Crippen LogP contribution is -2.48. The summed E-state index contributed by atoms with van der Waals surface area (Å²) in [6, 6.07) is 31.3. The molecule has 2 heterocycles. The first-order chi connectivity index (χ1) is 17.0. The van der Waals surface area contributed by atoms with E-state index in [1.807, 2.05) is 0 Å². The van der Waals surface area contributed by atoms with Gasteiger partial charge in [0.25, 0.3) is 0 Å². The maximum Gasteiger partial charge on any atom is 0.115 e. The van der Waals surface area contributed by atoms with Crippen molar-refractivity contribution in [1.29, 1.82) is 0 Å². The molecule has 0 fully saturated rings. The highest BCUT2D eigenvalue weighted by molar-refractivity contribution is 5.93. The lowest BCUT2D eigenvalue weighted by molar-refractivity contribution is 0.410. The van der Waals surface area contributed by atoms with Gasteiger partial charge in [0.1, 0.15) is 6.17 Å². The van der Waals surface area contributed by atoms with Crippen LogP contribution in [0, 0.1) is 26.7 Å². The Balaban J connectivity index is 1.64. The van der Waals surface area contributed by atoms with Crippen LogP contribution in [0.25, 0.3) is 11.1 Å². The number of hydrogen-bond acceptors (Lipinski definition) is 2. The maximum atomic E-state index is 4.25. The third kappa shape index (κ3) is 3.16. The third-order valence-electron chi connectivity index (χ3n) is 8.01. The molecule has 2 aliphatic rings. The van der Waals surface area contributed by atoms with Crippen molar-refractivity contribution in [3.05, 3.63) is 120 Å². The van der Waals surface area contributed by atoms with Crippen LogP contribution in [0.2, 0.25) is 0 Å². The molecule has 0 saturated carbocycles. The van der Waals surface area contributed by atoms with E-state index in [1.165, 1.54) is 56.1 Å². The molecule has 0 bridgehead atoms. The molecule has 0 amide bonds. The number of benzene rings is 4. The van der Waals surface area contributed by atoms with Crippen molar-refractivity contribution < 1.29 is 0 Å². The van der Waals surface area contributed by atoms with Crippen LogP contribution in [0.4, 0.5) is 22.7 Å². The van der Waals surface area contributed by atoms with Crippen molar-refractivity contribution in [3.63, 3.8) is 0 Å². The SMILES string of the molecule is C=CC1c2ccccc2N2c3cc(-c4c(C)cccc4C)ccc3N(c3ccccc3C)C2C1C. The zero-order chi connectivity index (χ0) is 24.3. The quantitative estimate of drug-likeness (QED) is 0.284. The predicted molar refractivity (Wildman–Crippen MR) is 149 cm³/mol. The Bertz CT molecular complexity index is 1430. The molecule has 3 unspecified atom stereocenters. The number of aryl methyl sites for hydroxylation is 3. The number of anilines is 4. The molecule has 0 N–H and O–H groups in total. The van der Waals surface area contributed by atoms with Crippen LogP contribution in [0.15, 0.2) is 97.6 Å². The Morgan fingerprint density at radius 2 is 1.29 bits per heavy atom. The fourth-order valence-electron chi connectivity index (χ4n) is 6.39. The van der Waals surface area contributed by atoms with E-state index in [2.05, 4.69) is 135 Å². The zero-order valence-electron chi connectivity index (χ0n) is 21.0. The van der Waals surface area contributed by atoms with Crippen LogP contribution >= 0.6 is 0 Å². The van der Waals surface area contributed by atoms with Gasteiger partial charge in [-0.05, 0) is 78.4 Å². The highest BCUT2D eigenvalue weighted by atomic mass is 15.4. The number of fused-ring (bicyclic) bond motifs is 5. The summed E-state index contributed by atoms with van der Waals surface area (Å²) >= 11 is 0. The smallest absolute Gasteiger partial charge is 0.115 e. The van der Waals surface area contributed by atoms with Crippen molar-refractivity contribution in [2.24, 2.45) is 5.92 Å². The molecule has 4 aromatic carbocycles. The van der Waals surface area contributed by atoms with Crippen LogP contribution < -0.4 is 9.80 Å². The van der Waals surface area contributed by atoms with E-state index in [9.17, 15) is 0 Å². The van der Waals surface area contributed by atoms with E-state index in [0.717, 1.165) is 0 Å². The average Bonchev–Trinajstić information content (AvgIpc) is 3.20. The van der Waals surface area contributed by atoms with E-state index in [-0.39, 0.29) is 6.17 Å². The second kappa shape index (κ2) is 8.16. The Morgan fingerprint density at radius 3 is 2.00 bits per heavy atom. The lowest BCUT2D eigenvalue weighted by Gasteiger charge is -2.45. The Labute approximate surface area is 209 Å². The molecule has 2 heteroatoms. The van der Waals surface area contributed by atoms with E-state index in [0.29, 0.717) is 11.8 Å². The summed E-state index contributed by atoms with van der Waals surface area (Å²) in [7, 11) is 0. The summed E-state index contributed by atoms with van der Waals surface area (Å²) in [5.74, 6) is 0.657. The van der Waals surface area contributed by atoms with Gasteiger partial charge in [0.2, 0.25) is 0 Å². The number of nitrogens with zero attached hydrogens (tertiary/aromatic N) is 2. The Hall–Kier alpha value is -3.78. The number of rotatable bonds is 3. The van der Waals surface area contributed by atoms with Crippen molar-refractivity contribution in [2.45, 2.75) is 39.8 Å². The van der Waals surface area contributed by atoms with Gasteiger partial charge in [-0.1, -0.05) is 73.7 Å². The molecule has 35 heavy (non-hydrogen) atoms. The number of para-hydroxylation sites is 2. The molecular weight excluding hydrogens is 424 g/mol. The largest absolute Gasteiger partial charge is 0.318 e. The van der Waals surface area contributed by atoms with Crippen LogP contribution in [0.1, 0.15) is 35.1 Å². The molecule has 6 rings (SSSR count). The minimum Gasteiger partial charge on any atom is -0.318 e. The predicted octanol–water partition coefficient (Wildman–Crippen LogP) is 8.81. The number of hydrogen-bond donors (Lipinski definition) is 0. The van der Waals surface area contributed by atoms with E-state index >= 15 is 0 Å². The first-order valence-electron chi connectivity index (χ1n) is 12.6. The molecule has 2 nitrogen and oxygen atoms in total. The summed E-state index contributed by atoms with van der Waals surface area (Å²) in [5, 5.41) is 0. The van der Waals surface area contributed by atoms with Gasteiger partial charge < -0.3 is 9.80 Å². The lowest BCUT2D eigenvalue weighted by atomic mass is 9.80. The minimum absolute atomic E-state index is 0.178. The Kier molecular flexibility index (Phi) is 5.07. The summed E-state index contributed by atoms with van der Waals surface area (Å²) in [5.41, 5.74) is 13.0. The number of allylic oxidation sites excluding steroid dienone is 1. The fraction of sp³-hybridized carbons (Fsp3) is 0.212. The van der Waals surface area contributed by atoms with E-state index < -0.39 is 0 Å². The van der Waals surface area contributed by atoms with Gasteiger partial charge in [-0.3, -0.25) is 0 Å². The van der Waals surface area contributed by atoms with E-state index in [1.54, 1.807) is 0 Å². The monoisotopic (exact) mass is 456 g/mol. The second-order valence-corrected chi connectivity index (χ2v) is 10.1. The molecule has 4 aromatic rings. The van der Waals surface area contributed by atoms with E-state index in [4.69, 9.17) is 0 Å². The Morgan fingerprint density at radius 1 is 0.657 bits per heavy atom. The molecule has 3 atom stereocenters. The first-order valence-corrected chi connectivity index (χ1v) is 12.6. The molecule has 0 aliphatic carbocycles. The zero-order valence-corrected chi connectivity index (χ0v) is 21.0. The third-order valence-corrected chi connectivity index (χ3v) is 8.01.